The Kier molecular flexibility index (Phi) is 6.55. The molecule has 32 heavy (non-hydrogen) atoms. The minimum absolute atomic E-state index is 0.145. The Morgan fingerprint density at radius 2 is 1.97 bits per heavy atom. The monoisotopic (exact) mass is 450 g/mol. The van der Waals surface area contributed by atoms with E-state index in [1.807, 2.05) is 53.9 Å². The van der Waals surface area contributed by atoms with Crippen LogP contribution in [-0.2, 0) is 14.3 Å². The number of amides is 1. The fourth-order valence-electron chi connectivity index (χ4n) is 3.43. The number of ether oxygens (including phenoxy) is 2. The molecule has 7 heteroatoms. The first-order valence-electron chi connectivity index (χ1n) is 10.7. The molecule has 1 atom stereocenters. The zero-order chi connectivity index (χ0) is 22.7. The fourth-order valence-corrected chi connectivity index (χ4v) is 4.27. The van der Waals surface area contributed by atoms with Crippen molar-refractivity contribution < 1.29 is 19.1 Å². The van der Waals surface area contributed by atoms with Crippen LogP contribution < -0.4 is 9.64 Å². The van der Waals surface area contributed by atoms with E-state index in [-0.39, 0.29) is 12.5 Å². The van der Waals surface area contributed by atoms with Gasteiger partial charge in [-0.25, -0.2) is 4.98 Å². The Balaban J connectivity index is 1.59. The van der Waals surface area contributed by atoms with Crippen molar-refractivity contribution in [2.45, 2.75) is 33.3 Å². The van der Waals surface area contributed by atoms with Crippen molar-refractivity contribution in [1.82, 2.24) is 4.98 Å². The van der Waals surface area contributed by atoms with Crippen LogP contribution >= 0.6 is 11.3 Å². The number of benzene rings is 2. The van der Waals surface area contributed by atoms with Gasteiger partial charge >= 0.3 is 5.97 Å². The van der Waals surface area contributed by atoms with Crippen molar-refractivity contribution in [1.29, 1.82) is 0 Å². The topological polar surface area (TPSA) is 68.7 Å². The van der Waals surface area contributed by atoms with E-state index in [2.05, 4.69) is 13.8 Å². The number of carbonyl (C=O) groups excluding carboxylic acids is 2. The molecule has 2 heterocycles. The molecule has 1 aliphatic heterocycles. The predicted octanol–water partition coefficient (Wildman–Crippen LogP) is 5.18. The summed E-state index contributed by atoms with van der Waals surface area (Å²) in [5, 5.41) is 2.91. The third kappa shape index (κ3) is 4.83. The molecule has 4 rings (SSSR count). The van der Waals surface area contributed by atoms with Gasteiger partial charge in [-0.05, 0) is 37.5 Å². The van der Waals surface area contributed by atoms with Gasteiger partial charge < -0.3 is 9.47 Å². The largest absolute Gasteiger partial charge is 0.479 e. The number of rotatable bonds is 7. The third-order valence-corrected chi connectivity index (χ3v) is 6.12. The van der Waals surface area contributed by atoms with E-state index in [0.717, 1.165) is 28.2 Å². The molecule has 1 unspecified atom stereocenters. The second kappa shape index (κ2) is 9.53. The third-order valence-electron chi connectivity index (χ3n) is 5.23. The van der Waals surface area contributed by atoms with Crippen molar-refractivity contribution in [3.05, 3.63) is 53.9 Å². The molecular weight excluding hydrogens is 424 g/mol. The van der Waals surface area contributed by atoms with Gasteiger partial charge in [-0.3, -0.25) is 14.5 Å². The van der Waals surface area contributed by atoms with Crippen molar-refractivity contribution in [2.24, 2.45) is 5.92 Å². The Morgan fingerprint density at radius 1 is 1.19 bits per heavy atom. The van der Waals surface area contributed by atoms with Gasteiger partial charge in [-0.2, -0.15) is 0 Å². The molecule has 6 nitrogen and oxygen atoms in total. The first-order chi connectivity index (χ1) is 15.4. The number of anilines is 1. The Hall–Kier alpha value is -3.19. The van der Waals surface area contributed by atoms with E-state index in [0.29, 0.717) is 24.0 Å². The summed E-state index contributed by atoms with van der Waals surface area (Å²) in [5.74, 6) is 0.313. The number of aromatic nitrogens is 1. The van der Waals surface area contributed by atoms with Crippen LogP contribution in [0.4, 0.5) is 5.69 Å². The second-order valence-corrected chi connectivity index (χ2v) is 9.03. The van der Waals surface area contributed by atoms with Crippen molar-refractivity contribution >= 4 is 28.9 Å². The van der Waals surface area contributed by atoms with Crippen LogP contribution in [-0.4, -0.2) is 36.1 Å². The summed E-state index contributed by atoms with van der Waals surface area (Å²) in [7, 11) is 0. The van der Waals surface area contributed by atoms with Crippen LogP contribution in [0.2, 0.25) is 0 Å². The summed E-state index contributed by atoms with van der Waals surface area (Å²) in [6.07, 6.45) is 0.119. The molecule has 0 spiro atoms. The first-order valence-corrected chi connectivity index (χ1v) is 11.6. The van der Waals surface area contributed by atoms with Gasteiger partial charge in [0.05, 0.1) is 18.0 Å². The smallest absolute Gasteiger partial charge is 0.326 e. The average molecular weight is 451 g/mol. The molecule has 3 aromatic rings. The predicted molar refractivity (Wildman–Crippen MR) is 126 cm³/mol. The zero-order valence-corrected chi connectivity index (χ0v) is 19.2. The summed E-state index contributed by atoms with van der Waals surface area (Å²) in [6.45, 7) is 6.02. The molecule has 1 aliphatic rings. The van der Waals surface area contributed by atoms with E-state index in [1.54, 1.807) is 18.3 Å². The molecule has 0 bridgehead atoms. The normalized spacial score (nSPS) is 15.4. The maximum atomic E-state index is 12.8. The number of fused-ring (bicyclic) bond motifs is 1. The molecule has 0 aliphatic carbocycles. The molecule has 2 aromatic carbocycles. The van der Waals surface area contributed by atoms with E-state index < -0.39 is 12.1 Å². The maximum Gasteiger partial charge on any atom is 0.326 e. The number of esters is 1. The molecule has 0 N–H and O–H groups in total. The fraction of sp³-hybridized carbons (Fsp3) is 0.320. The van der Waals surface area contributed by atoms with Crippen molar-refractivity contribution in [3.63, 3.8) is 0 Å². The van der Waals surface area contributed by atoms with Crippen LogP contribution in [0.25, 0.3) is 21.8 Å². The summed E-state index contributed by atoms with van der Waals surface area (Å²) in [6, 6.07) is 15.6. The number of hydrogen-bond acceptors (Lipinski definition) is 6. The minimum Gasteiger partial charge on any atom is -0.479 e. The lowest BCUT2D eigenvalue weighted by atomic mass is 10.1. The summed E-state index contributed by atoms with van der Waals surface area (Å²) in [4.78, 5) is 31.4. The lowest BCUT2D eigenvalue weighted by Gasteiger charge is -2.32. The van der Waals surface area contributed by atoms with Crippen LogP contribution in [0.1, 0.15) is 27.2 Å². The van der Waals surface area contributed by atoms with Crippen LogP contribution in [0.5, 0.6) is 5.75 Å². The van der Waals surface area contributed by atoms with E-state index in [4.69, 9.17) is 14.5 Å². The molecule has 0 fully saturated rings. The molecule has 0 saturated carbocycles. The lowest BCUT2D eigenvalue weighted by molar-refractivity contribution is -0.143. The quantitative estimate of drug-likeness (QED) is 0.464. The zero-order valence-electron chi connectivity index (χ0n) is 18.4. The Labute approximate surface area is 191 Å². The molecule has 0 radical (unpaired) electrons. The molecular formula is C25H26N2O4S. The highest BCUT2D eigenvalue weighted by molar-refractivity contribution is 7.13. The van der Waals surface area contributed by atoms with Crippen molar-refractivity contribution in [2.75, 3.05) is 18.1 Å². The highest BCUT2D eigenvalue weighted by Crippen LogP contribution is 2.38. The summed E-state index contributed by atoms with van der Waals surface area (Å²) >= 11 is 1.56. The Bertz CT molecular complexity index is 1110. The van der Waals surface area contributed by atoms with Gasteiger partial charge in [0.1, 0.15) is 17.3 Å². The van der Waals surface area contributed by atoms with Gasteiger partial charge in [-0.15, -0.1) is 11.3 Å². The van der Waals surface area contributed by atoms with Crippen LogP contribution in [0, 0.1) is 5.92 Å². The van der Waals surface area contributed by atoms with Crippen LogP contribution in [0.15, 0.2) is 53.9 Å². The van der Waals surface area contributed by atoms with E-state index in [1.165, 1.54) is 4.90 Å². The number of nitrogens with zero attached hydrogens (tertiary/aromatic N) is 2. The highest BCUT2D eigenvalue weighted by Gasteiger charge is 2.33. The second-order valence-electron chi connectivity index (χ2n) is 8.17. The van der Waals surface area contributed by atoms with Gasteiger partial charge in [-0.1, -0.05) is 44.2 Å². The summed E-state index contributed by atoms with van der Waals surface area (Å²) < 4.78 is 11.1. The highest BCUT2D eigenvalue weighted by atomic mass is 32.1. The molecule has 166 valence electrons. The van der Waals surface area contributed by atoms with E-state index >= 15 is 0 Å². The molecule has 1 aromatic heterocycles. The van der Waals surface area contributed by atoms with Crippen molar-refractivity contribution in [3.8, 4) is 27.6 Å². The van der Waals surface area contributed by atoms with Gasteiger partial charge in [0, 0.05) is 16.5 Å². The Morgan fingerprint density at radius 3 is 2.72 bits per heavy atom. The summed E-state index contributed by atoms with van der Waals surface area (Å²) in [5.41, 5.74) is 3.27. The number of hydrogen-bond donors (Lipinski definition) is 0. The SMILES string of the molecule is CC(C)CCOC(=O)CN1C(=O)C(C)Oc2ccc(-c3csc(-c4ccccc4)n3)cc21. The van der Waals surface area contributed by atoms with Gasteiger partial charge in [0.25, 0.3) is 5.91 Å². The van der Waals surface area contributed by atoms with Gasteiger partial charge in [0.2, 0.25) is 0 Å². The van der Waals surface area contributed by atoms with Gasteiger partial charge in [0.15, 0.2) is 6.10 Å². The standard InChI is InChI=1S/C25H26N2O4S/c1-16(2)11-12-30-23(28)14-27-21-13-19(9-10-22(21)31-17(3)25(27)29)20-15-32-24(26-20)18-7-5-4-6-8-18/h4-10,13,15-17H,11-12,14H2,1-3H3. The number of carbonyl (C=O) groups is 2. The average Bonchev–Trinajstić information content (AvgIpc) is 3.27. The number of thiazole rings is 1. The maximum absolute atomic E-state index is 12.8. The lowest BCUT2D eigenvalue weighted by Crippen LogP contribution is -2.47. The van der Waals surface area contributed by atoms with E-state index in [9.17, 15) is 9.59 Å². The molecule has 1 amide bonds. The molecule has 0 saturated heterocycles. The van der Waals surface area contributed by atoms with Crippen LogP contribution in [0.3, 0.4) is 0 Å². The first kappa shape index (κ1) is 22.0. The minimum atomic E-state index is -0.666.